The van der Waals surface area contributed by atoms with Gasteiger partial charge in [-0.15, -0.1) is 12.2 Å². The Bertz CT molecular complexity index is 1230. The van der Waals surface area contributed by atoms with E-state index in [-0.39, 0.29) is 16.8 Å². The third kappa shape index (κ3) is 5.58. The van der Waals surface area contributed by atoms with Crippen LogP contribution in [-0.4, -0.2) is 33.9 Å². The smallest absolute Gasteiger partial charge is 0.479 e. The Balaban J connectivity index is 0.000000234. The fourth-order valence-corrected chi connectivity index (χ4v) is 3.29. The summed E-state index contributed by atoms with van der Waals surface area (Å²) in [5.41, 5.74) is 7.18. The summed E-state index contributed by atoms with van der Waals surface area (Å²) < 4.78 is 0. The molecule has 6 rings (SSSR count). The second-order valence-corrected chi connectivity index (χ2v) is 7.27. The van der Waals surface area contributed by atoms with Crippen LogP contribution in [0.5, 0.6) is 0 Å². The Morgan fingerprint density at radius 3 is 1.68 bits per heavy atom. The molecule has 8 bridgehead atoms. The summed E-state index contributed by atoms with van der Waals surface area (Å²) in [5, 5.41) is 8.37. The van der Waals surface area contributed by atoms with Gasteiger partial charge in [0, 0.05) is 5.71 Å². The van der Waals surface area contributed by atoms with E-state index in [1.807, 2.05) is 66.8 Å². The van der Waals surface area contributed by atoms with Crippen LogP contribution in [0.1, 0.15) is 10.4 Å². The maximum Gasteiger partial charge on any atom is 2.00 e. The second kappa shape index (κ2) is 10.2. The van der Waals surface area contributed by atoms with Crippen LogP contribution in [0.4, 0.5) is 0 Å². The van der Waals surface area contributed by atoms with Crippen molar-refractivity contribution in [3.8, 4) is 0 Å². The Hall–Kier alpha value is -4.20. The molecular weight excluding hydrogens is 471 g/mol. The Kier molecular flexibility index (Phi) is 6.86. The number of nitrogens with zero attached hydrogens (tertiary/aromatic N) is 4. The molecule has 0 spiro atoms. The van der Waals surface area contributed by atoms with E-state index in [4.69, 9.17) is 5.11 Å². The number of carboxylic acid groups (broad SMARTS) is 1. The molecule has 34 heavy (non-hydrogen) atoms. The molecule has 0 aliphatic carbocycles. The van der Waals surface area contributed by atoms with Crippen LogP contribution in [0.2, 0.25) is 0 Å². The third-order valence-electron chi connectivity index (χ3n) is 4.80. The number of allylic oxidation sites excluding steroid dienone is 12. The molecule has 0 saturated carbocycles. The van der Waals surface area contributed by atoms with Crippen LogP contribution in [0.25, 0.3) is 0 Å². The monoisotopic (exact) mass is 487 g/mol. The Morgan fingerprint density at radius 1 is 0.676 bits per heavy atom. The molecule has 0 unspecified atom stereocenters. The number of carboxylic acids is 1. The maximum atomic E-state index is 10.2. The van der Waals surface area contributed by atoms with Gasteiger partial charge in [0.1, 0.15) is 0 Å². The van der Waals surface area contributed by atoms with Gasteiger partial charge in [-0.25, -0.2) is 9.79 Å². The average molecular weight is 487 g/mol. The Morgan fingerprint density at radius 2 is 1.18 bits per heavy atom. The molecule has 0 aromatic heterocycles. The van der Waals surface area contributed by atoms with Crippen LogP contribution in [0.3, 0.4) is 0 Å². The number of fused-ring (bicyclic) bond motifs is 4. The van der Waals surface area contributed by atoms with E-state index >= 15 is 0 Å². The number of carbonyl (C=O) groups is 1. The van der Waals surface area contributed by atoms with Gasteiger partial charge >= 0.3 is 22.7 Å². The first-order chi connectivity index (χ1) is 16.1. The molecule has 5 aliphatic heterocycles. The predicted octanol–water partition coefficient (Wildman–Crippen LogP) is 4.56. The molecule has 0 atom stereocenters. The molecule has 0 saturated heterocycles. The summed E-state index contributed by atoms with van der Waals surface area (Å²) >= 11 is 0. The fraction of sp³-hybridized carbons (Fsp3) is 0. The van der Waals surface area contributed by atoms with Gasteiger partial charge in [-0.1, -0.05) is 11.8 Å². The average Bonchev–Trinajstić information content (AvgIpc) is 3.61. The van der Waals surface area contributed by atoms with Gasteiger partial charge < -0.3 is 10.1 Å². The number of rotatable bonds is 1. The van der Waals surface area contributed by atoms with E-state index < -0.39 is 5.97 Å². The van der Waals surface area contributed by atoms with Crippen molar-refractivity contribution >= 4 is 28.8 Å². The standard InChI is InChI=1S/C20H11N4.C7H5O2.Co/c1-2-14-10-16-5-6-18(23-16)12-20-8-7-19(24-20)11-17-4-3-15(22-17)9-13(1)21-14;8-7(9)6-4-2-1-3-5-6;/h1-7,9-12H;2-5H,(H,8,9);/q2*-1;+2. The molecule has 1 radical (unpaired) electrons. The quantitative estimate of drug-likeness (QED) is 0.589. The van der Waals surface area contributed by atoms with Crippen molar-refractivity contribution < 1.29 is 26.7 Å². The second-order valence-electron chi connectivity index (χ2n) is 7.27. The van der Waals surface area contributed by atoms with Crippen LogP contribution in [-0.2, 0) is 16.8 Å². The van der Waals surface area contributed by atoms with Crippen molar-refractivity contribution in [2.45, 2.75) is 0 Å². The van der Waals surface area contributed by atoms with Gasteiger partial charge in [0.25, 0.3) is 0 Å². The summed E-state index contributed by atoms with van der Waals surface area (Å²) in [6.45, 7) is 0. The zero-order chi connectivity index (χ0) is 22.6. The summed E-state index contributed by atoms with van der Waals surface area (Å²) in [4.78, 5) is 28.5. The molecule has 6 nitrogen and oxygen atoms in total. The maximum absolute atomic E-state index is 10.2. The summed E-state index contributed by atoms with van der Waals surface area (Å²) in [6, 6.07) is 8.87. The van der Waals surface area contributed by atoms with Gasteiger partial charge in [0.2, 0.25) is 0 Å². The van der Waals surface area contributed by atoms with E-state index in [0.717, 1.165) is 45.6 Å². The molecule has 165 valence electrons. The molecular formula is C27H16CoN4O2. The summed E-state index contributed by atoms with van der Waals surface area (Å²) in [7, 11) is 0. The number of aromatic carboxylic acids is 1. The predicted molar refractivity (Wildman–Crippen MR) is 130 cm³/mol. The van der Waals surface area contributed by atoms with Crippen molar-refractivity contribution in [2.24, 2.45) is 20.0 Å². The molecule has 0 fully saturated rings. The van der Waals surface area contributed by atoms with Crippen molar-refractivity contribution in [3.63, 3.8) is 0 Å². The molecule has 5 heterocycles. The Labute approximate surface area is 206 Å². The van der Waals surface area contributed by atoms with Crippen molar-refractivity contribution in [2.75, 3.05) is 0 Å². The van der Waals surface area contributed by atoms with Crippen LogP contribution >= 0.6 is 0 Å². The van der Waals surface area contributed by atoms with Crippen LogP contribution in [0, 0.1) is 12.1 Å². The molecule has 1 N–H and O–H groups in total. The third-order valence-corrected chi connectivity index (χ3v) is 4.80. The zero-order valence-corrected chi connectivity index (χ0v) is 18.7. The summed E-state index contributed by atoms with van der Waals surface area (Å²) in [6.07, 6.45) is 24.7. The first kappa shape index (κ1) is 23.0. The summed E-state index contributed by atoms with van der Waals surface area (Å²) in [5.74, 6) is -0.899. The van der Waals surface area contributed by atoms with E-state index in [1.54, 1.807) is 12.1 Å². The SMILES string of the molecule is O=C(O)c1cc[c-]cc1.[C-]1=CC2=NC1=CC1=NC(=CC3=NC(=CC4=NC(=C2)C=C4)C=C3)C=C1.[Co+2]. The van der Waals surface area contributed by atoms with Crippen molar-refractivity contribution in [1.29, 1.82) is 0 Å². The first-order valence-electron chi connectivity index (χ1n) is 10.2. The molecule has 7 heteroatoms. The molecule has 1 aromatic rings. The molecule has 0 amide bonds. The van der Waals surface area contributed by atoms with Crippen LogP contribution in [0.15, 0.2) is 134 Å². The normalized spacial score (nSPS) is 18.4. The molecule has 1 aromatic carbocycles. The van der Waals surface area contributed by atoms with Gasteiger partial charge in [0.15, 0.2) is 0 Å². The number of hydrogen-bond donors (Lipinski definition) is 1. The first-order valence-corrected chi connectivity index (χ1v) is 10.2. The van der Waals surface area contributed by atoms with E-state index in [0.29, 0.717) is 5.56 Å². The van der Waals surface area contributed by atoms with E-state index in [9.17, 15) is 4.79 Å². The van der Waals surface area contributed by atoms with Crippen LogP contribution < -0.4 is 0 Å². The van der Waals surface area contributed by atoms with Gasteiger partial charge in [-0.05, 0) is 59.9 Å². The van der Waals surface area contributed by atoms with Gasteiger partial charge in [-0.3, -0.25) is 9.98 Å². The minimum absolute atomic E-state index is 0. The number of aliphatic imine (C=N–C) groups is 4. The molecule has 5 aliphatic rings. The van der Waals surface area contributed by atoms with Crippen molar-refractivity contribution in [3.05, 3.63) is 132 Å². The van der Waals surface area contributed by atoms with E-state index in [2.05, 4.69) is 32.1 Å². The van der Waals surface area contributed by atoms with E-state index in [1.165, 1.54) is 12.1 Å². The largest absolute Gasteiger partial charge is 2.00 e. The minimum Gasteiger partial charge on any atom is -0.479 e. The fourth-order valence-electron chi connectivity index (χ4n) is 3.29. The van der Waals surface area contributed by atoms with Gasteiger partial charge in [0.05, 0.1) is 28.5 Å². The van der Waals surface area contributed by atoms with Gasteiger partial charge in [-0.2, -0.15) is 36.4 Å². The zero-order valence-electron chi connectivity index (χ0n) is 17.6. The minimum atomic E-state index is -0.899. The van der Waals surface area contributed by atoms with Crippen molar-refractivity contribution in [1.82, 2.24) is 0 Å². The number of benzene rings is 1. The topological polar surface area (TPSA) is 86.7 Å². The number of hydrogen-bond acceptors (Lipinski definition) is 5.